The maximum Gasteiger partial charge on any atom is 0.335 e. The van der Waals surface area contributed by atoms with Crippen LogP contribution in [0.4, 0.5) is 0 Å². The quantitative estimate of drug-likeness (QED) is 0.533. The first-order chi connectivity index (χ1) is 11.5. The Kier molecular flexibility index (Phi) is 5.22. The molecule has 0 aromatic carbocycles. The average molecular weight is 394 g/mol. The van der Waals surface area contributed by atoms with Gasteiger partial charge in [0, 0.05) is 18.9 Å². The van der Waals surface area contributed by atoms with Crippen LogP contribution in [0.25, 0.3) is 0 Å². The van der Waals surface area contributed by atoms with Crippen LogP contribution in [-0.2, 0) is 35.6 Å². The van der Waals surface area contributed by atoms with E-state index < -0.39 is 42.0 Å². The summed E-state index contributed by atoms with van der Waals surface area (Å²) >= 11 is 0. The van der Waals surface area contributed by atoms with Gasteiger partial charge in [-0.3, -0.25) is 4.79 Å². The first-order valence-electron chi connectivity index (χ1n) is 6.75. The number of esters is 1. The number of carbonyl (C=O) groups is 1. The van der Waals surface area contributed by atoms with E-state index in [1.165, 1.54) is 0 Å². The molecule has 1 unspecified atom stereocenters. The Morgan fingerprint density at radius 3 is 2.04 bits per heavy atom. The molecule has 0 aliphatic heterocycles. The van der Waals surface area contributed by atoms with Crippen molar-refractivity contribution in [3.05, 3.63) is 11.8 Å². The fraction of sp³-hybridized carbons (Fsp3) is 0.545. The Hall–Kier alpha value is -2.35. The molecule has 25 heavy (non-hydrogen) atoms. The van der Waals surface area contributed by atoms with E-state index in [4.69, 9.17) is 13.6 Å². The van der Waals surface area contributed by atoms with Crippen molar-refractivity contribution in [2.24, 2.45) is 0 Å². The molecule has 0 radical (unpaired) electrons. The fourth-order valence-corrected chi connectivity index (χ4v) is 2.53. The normalized spacial score (nSPS) is 13.6. The summed E-state index contributed by atoms with van der Waals surface area (Å²) in [5.41, 5.74) is 0. The second-order valence-electron chi connectivity index (χ2n) is 4.92. The number of hydrogen-bond donors (Lipinski definition) is 0. The lowest BCUT2D eigenvalue weighted by molar-refractivity contribution is -0.145. The molecule has 0 spiro atoms. The van der Waals surface area contributed by atoms with Gasteiger partial charge >= 0.3 is 16.4 Å². The van der Waals surface area contributed by atoms with Gasteiger partial charge in [-0.1, -0.05) is 10.2 Å². The van der Waals surface area contributed by atoms with Gasteiger partial charge in [-0.15, -0.1) is 10.2 Å². The van der Waals surface area contributed by atoms with Crippen molar-refractivity contribution in [3.8, 4) is 0 Å². The van der Waals surface area contributed by atoms with Crippen LogP contribution in [0.5, 0.6) is 0 Å². The van der Waals surface area contributed by atoms with E-state index in [-0.39, 0.29) is 24.8 Å². The molecule has 0 amide bonds. The highest BCUT2D eigenvalue weighted by Gasteiger charge is 2.32. The minimum atomic E-state index is -3.76. The molecule has 0 fully saturated rings. The van der Waals surface area contributed by atoms with E-state index in [1.807, 2.05) is 0 Å². The van der Waals surface area contributed by atoms with Gasteiger partial charge in [0.1, 0.15) is 5.92 Å². The van der Waals surface area contributed by atoms with E-state index in [0.29, 0.717) is 0 Å². The summed E-state index contributed by atoms with van der Waals surface area (Å²) in [6.07, 6.45) is 1.43. The summed E-state index contributed by atoms with van der Waals surface area (Å²) in [7, 11) is -7.48. The zero-order valence-corrected chi connectivity index (χ0v) is 15.0. The molecule has 2 rings (SSSR count). The van der Waals surface area contributed by atoms with E-state index in [0.717, 1.165) is 12.5 Å². The Morgan fingerprint density at radius 1 is 1.00 bits per heavy atom. The predicted octanol–water partition coefficient (Wildman–Crippen LogP) is -0.851. The van der Waals surface area contributed by atoms with Crippen molar-refractivity contribution in [1.82, 2.24) is 20.4 Å². The summed E-state index contributed by atoms with van der Waals surface area (Å²) in [5.74, 6) is -2.57. The average Bonchev–Trinajstić information content (AvgIpc) is 3.13. The number of carbonyl (C=O) groups excluding carboxylic acids is 1. The first-order valence-corrected chi connectivity index (χ1v) is 10.5. The minimum Gasteiger partial charge on any atom is -0.465 e. The van der Waals surface area contributed by atoms with Crippen LogP contribution in [0.1, 0.15) is 24.6 Å². The third-order valence-electron chi connectivity index (χ3n) is 2.75. The van der Waals surface area contributed by atoms with Crippen molar-refractivity contribution in [2.45, 2.75) is 29.7 Å². The molecule has 138 valence electrons. The van der Waals surface area contributed by atoms with Crippen LogP contribution in [-0.4, -0.2) is 62.3 Å². The molecule has 0 saturated heterocycles. The second-order valence-corrected chi connectivity index (χ2v) is 8.71. The number of aromatic nitrogens is 4. The lowest BCUT2D eigenvalue weighted by Gasteiger charge is -2.09. The zero-order chi connectivity index (χ0) is 18.8. The van der Waals surface area contributed by atoms with Crippen LogP contribution in [0.2, 0.25) is 0 Å². The van der Waals surface area contributed by atoms with Crippen LogP contribution in [0, 0.1) is 0 Å². The highest BCUT2D eigenvalue weighted by Crippen LogP contribution is 2.23. The van der Waals surface area contributed by atoms with Crippen molar-refractivity contribution in [2.75, 3.05) is 19.1 Å². The third kappa shape index (κ3) is 4.60. The molecule has 0 bridgehead atoms. The maximum atomic E-state index is 12.1. The predicted molar refractivity (Wildman–Crippen MR) is 77.9 cm³/mol. The summed E-state index contributed by atoms with van der Waals surface area (Å²) in [6, 6.07) is 0. The molecule has 12 nitrogen and oxygen atoms in total. The first kappa shape index (κ1) is 19.0. The summed E-state index contributed by atoms with van der Waals surface area (Å²) < 4.78 is 60.4. The molecule has 2 aromatic rings. The van der Waals surface area contributed by atoms with Gasteiger partial charge in [-0.05, 0) is 6.92 Å². The van der Waals surface area contributed by atoms with Crippen molar-refractivity contribution < 1.29 is 35.2 Å². The van der Waals surface area contributed by atoms with Crippen molar-refractivity contribution >= 4 is 25.6 Å². The SMILES string of the molecule is CCOC(=O)C(Cc1nnc(S(C)(=O)=O)o1)c1nnc(S(C)(=O)=O)o1. The highest BCUT2D eigenvalue weighted by atomic mass is 32.2. The van der Waals surface area contributed by atoms with Crippen LogP contribution < -0.4 is 0 Å². The van der Waals surface area contributed by atoms with Gasteiger partial charge in [0.2, 0.25) is 31.5 Å². The summed E-state index contributed by atoms with van der Waals surface area (Å²) in [6.45, 7) is 1.61. The van der Waals surface area contributed by atoms with Gasteiger partial charge in [0.25, 0.3) is 0 Å². The van der Waals surface area contributed by atoms with E-state index in [9.17, 15) is 21.6 Å². The number of ether oxygens (including phenoxy) is 1. The molecule has 14 heteroatoms. The molecule has 0 saturated carbocycles. The molecule has 2 heterocycles. The van der Waals surface area contributed by atoms with Gasteiger partial charge in [-0.2, -0.15) is 0 Å². The summed E-state index contributed by atoms with van der Waals surface area (Å²) in [4.78, 5) is 12.1. The Bertz CT molecular complexity index is 975. The topological polar surface area (TPSA) is 172 Å². The van der Waals surface area contributed by atoms with E-state index >= 15 is 0 Å². The standard InChI is InChI=1S/C11H14N4O8S2/c1-4-21-9(16)6(8-13-15-11(23-8)25(3,19)20)5-7-12-14-10(22-7)24(2,17)18/h6H,4-5H2,1-3H3. The third-order valence-corrected chi connectivity index (χ3v) is 4.35. The van der Waals surface area contributed by atoms with E-state index in [2.05, 4.69) is 20.4 Å². The molecule has 0 N–H and O–H groups in total. The largest absolute Gasteiger partial charge is 0.465 e. The highest BCUT2D eigenvalue weighted by molar-refractivity contribution is 7.90. The van der Waals surface area contributed by atoms with Gasteiger partial charge in [0.05, 0.1) is 6.61 Å². The molecule has 0 aliphatic carbocycles. The van der Waals surface area contributed by atoms with Crippen LogP contribution >= 0.6 is 0 Å². The number of sulfone groups is 2. The fourth-order valence-electron chi connectivity index (χ4n) is 1.67. The number of nitrogens with zero attached hydrogens (tertiary/aromatic N) is 4. The number of hydrogen-bond acceptors (Lipinski definition) is 12. The molecule has 1 atom stereocenters. The monoisotopic (exact) mass is 394 g/mol. The van der Waals surface area contributed by atoms with Gasteiger partial charge < -0.3 is 13.6 Å². The van der Waals surface area contributed by atoms with Crippen LogP contribution in [0.15, 0.2) is 19.3 Å². The van der Waals surface area contributed by atoms with Crippen molar-refractivity contribution in [1.29, 1.82) is 0 Å². The smallest absolute Gasteiger partial charge is 0.335 e. The lowest BCUT2D eigenvalue weighted by Crippen LogP contribution is -2.19. The Labute approximate surface area is 142 Å². The maximum absolute atomic E-state index is 12.1. The molecule has 0 aliphatic rings. The Morgan fingerprint density at radius 2 is 1.56 bits per heavy atom. The van der Waals surface area contributed by atoms with Crippen LogP contribution in [0.3, 0.4) is 0 Å². The second kappa shape index (κ2) is 6.87. The number of rotatable bonds is 7. The zero-order valence-electron chi connectivity index (χ0n) is 13.4. The minimum absolute atomic E-state index is 0.0425. The lowest BCUT2D eigenvalue weighted by atomic mass is 10.1. The molecular weight excluding hydrogens is 380 g/mol. The molecular formula is C11H14N4O8S2. The van der Waals surface area contributed by atoms with E-state index in [1.54, 1.807) is 6.92 Å². The van der Waals surface area contributed by atoms with Crippen molar-refractivity contribution in [3.63, 3.8) is 0 Å². The summed E-state index contributed by atoms with van der Waals surface area (Å²) in [5, 5.41) is 12.5. The molecule has 2 aromatic heterocycles. The van der Waals surface area contributed by atoms with Gasteiger partial charge in [-0.25, -0.2) is 16.8 Å². The Balaban J connectivity index is 2.35. The van der Waals surface area contributed by atoms with Gasteiger partial charge in [0.15, 0.2) is 0 Å².